The van der Waals surface area contributed by atoms with Crippen LogP contribution < -0.4 is 0 Å². The molecule has 1 aliphatic carbocycles. The Kier molecular flexibility index (Phi) is 23.7. The van der Waals surface area contributed by atoms with E-state index in [1.807, 2.05) is 58.1 Å². The van der Waals surface area contributed by atoms with E-state index in [0.29, 0.717) is 56.0 Å². The summed E-state index contributed by atoms with van der Waals surface area (Å²) < 4.78 is 41.8. The summed E-state index contributed by atoms with van der Waals surface area (Å²) in [7, 11) is 3.36. The van der Waals surface area contributed by atoms with Crippen LogP contribution in [-0.2, 0) is 52.2 Å². The first-order valence-electron chi connectivity index (χ1n) is 25.1. The van der Waals surface area contributed by atoms with Crippen molar-refractivity contribution in [2.45, 2.75) is 179 Å². The monoisotopic (exact) mass is 1000 g/mol. The second-order valence-electron chi connectivity index (χ2n) is 20.5. The molecule has 3 fully saturated rings. The number of esters is 1. The van der Waals surface area contributed by atoms with E-state index in [2.05, 4.69) is 0 Å². The fourth-order valence-corrected chi connectivity index (χ4v) is 12.8. The first-order chi connectivity index (χ1) is 32.6. The first kappa shape index (κ1) is 58.7. The Morgan fingerprint density at radius 1 is 0.899 bits per heavy atom. The number of carbonyl (C=O) groups excluding carboxylic acids is 5. The van der Waals surface area contributed by atoms with E-state index in [0.717, 1.165) is 24.8 Å². The molecule has 0 aromatic rings. The summed E-state index contributed by atoms with van der Waals surface area (Å²) in [5.41, 5.74) is 1.83. The van der Waals surface area contributed by atoms with Gasteiger partial charge in [0.05, 0.1) is 18.3 Å². The van der Waals surface area contributed by atoms with Crippen molar-refractivity contribution in [3.05, 3.63) is 47.6 Å². The molecule has 388 valence electrons. The van der Waals surface area contributed by atoms with E-state index in [9.17, 15) is 38.8 Å². The van der Waals surface area contributed by atoms with Gasteiger partial charge in [-0.1, -0.05) is 75.6 Å². The highest BCUT2D eigenvalue weighted by Crippen LogP contribution is 2.41. The average Bonchev–Trinajstić information content (AvgIpc) is 3.32. The third-order valence-electron chi connectivity index (χ3n) is 14.9. The van der Waals surface area contributed by atoms with Crippen molar-refractivity contribution < 1.29 is 62.4 Å². The fraction of sp³-hybridized carbons (Fsp3) is 0.755. The number of allylic oxidation sites excluding steroid dienone is 6. The molecule has 1 saturated carbocycles. The van der Waals surface area contributed by atoms with Gasteiger partial charge in [-0.15, -0.1) is 11.8 Å². The van der Waals surface area contributed by atoms with Crippen LogP contribution in [0.25, 0.3) is 0 Å². The Balaban J connectivity index is 1.70. The number of fused-ring (bicyclic) bond motifs is 3. The number of aliphatic hydroxyl groups excluding tert-OH is 1. The summed E-state index contributed by atoms with van der Waals surface area (Å²) >= 11 is 1.67. The second kappa shape index (κ2) is 27.8. The number of methoxy groups -OCH3 is 3. The summed E-state index contributed by atoms with van der Waals surface area (Å²) in [5.74, 6) is -7.83. The van der Waals surface area contributed by atoms with Crippen LogP contribution in [0.1, 0.15) is 126 Å². The number of carbonyl (C=O) groups is 5. The molecule has 14 nitrogen and oxygen atoms in total. The molecule has 0 radical (unpaired) electrons. The number of rotatable bonds is 9. The van der Waals surface area contributed by atoms with Crippen molar-refractivity contribution in [1.29, 1.82) is 0 Å². The molecule has 2 N–H and O–H groups in total. The molecule has 0 aromatic carbocycles. The minimum absolute atomic E-state index is 0.0179. The van der Waals surface area contributed by atoms with Gasteiger partial charge < -0.3 is 38.8 Å². The van der Waals surface area contributed by atoms with E-state index >= 15 is 0 Å². The SMILES string of the molecule is CO[C@H]1C[C@@H]2CC[C@@H](C)[C@@](O)(O2)C(=O)C(=O)N2CCCC[C@H]2C(=O)OC([C@H](C)C[C@@H]2CCC(SC[P+](C)=O)[C@H](OC)C2)CC(=O)[C@H](C)/C=C(\C)[C@@H](O)[C@@H](OC)C(=O)[C@H](C)C[C@H](C)/C=C/C=CC=C1C. The van der Waals surface area contributed by atoms with E-state index < -0.39 is 85.6 Å². The van der Waals surface area contributed by atoms with Gasteiger partial charge in [-0.05, 0) is 107 Å². The Morgan fingerprint density at radius 3 is 2.29 bits per heavy atom. The molecule has 3 unspecified atom stereocenters. The second-order valence-corrected chi connectivity index (χ2v) is 23.7. The summed E-state index contributed by atoms with van der Waals surface area (Å²) in [6.45, 7) is 14.6. The van der Waals surface area contributed by atoms with Crippen molar-refractivity contribution in [2.75, 3.05) is 40.0 Å². The highest BCUT2D eigenvalue weighted by atomic mass is 32.2. The van der Waals surface area contributed by atoms with Crippen molar-refractivity contribution >= 4 is 48.8 Å². The highest BCUT2D eigenvalue weighted by molar-refractivity contribution is 8.04. The molecule has 3 heterocycles. The molecule has 3 aliphatic heterocycles. The molecule has 69 heavy (non-hydrogen) atoms. The number of amides is 1. The molecule has 16 heteroatoms. The molecular weight excluding hydrogens is 922 g/mol. The number of Topliss-reactive ketones (excluding diaryl/α,β-unsaturated/α-hetero) is 3. The van der Waals surface area contributed by atoms with E-state index in [4.69, 9.17) is 23.7 Å². The van der Waals surface area contributed by atoms with Crippen LogP contribution in [0.3, 0.4) is 0 Å². The third kappa shape index (κ3) is 16.3. The summed E-state index contributed by atoms with van der Waals surface area (Å²) in [5, 5.41) is 23.7. The zero-order valence-corrected chi connectivity index (χ0v) is 44.8. The smallest absolute Gasteiger partial charge is 0.346 e. The molecule has 0 spiro atoms. The summed E-state index contributed by atoms with van der Waals surface area (Å²) in [6.07, 6.45) is 12.8. The Bertz CT molecular complexity index is 1900. The number of ether oxygens (including phenoxy) is 5. The maximum absolute atomic E-state index is 14.5. The largest absolute Gasteiger partial charge is 0.460 e. The van der Waals surface area contributed by atoms with E-state index in [-0.39, 0.29) is 60.1 Å². The molecule has 2 bridgehead atoms. The van der Waals surface area contributed by atoms with E-state index in [1.165, 1.54) is 12.0 Å². The van der Waals surface area contributed by atoms with Gasteiger partial charge in [-0.25, -0.2) is 4.79 Å². The number of cyclic esters (lactones) is 1. The summed E-state index contributed by atoms with van der Waals surface area (Å²) in [6, 6.07) is -1.14. The topological polar surface area (TPSA) is 192 Å². The zero-order valence-electron chi connectivity index (χ0n) is 43.1. The van der Waals surface area contributed by atoms with Crippen LogP contribution in [0.15, 0.2) is 47.6 Å². The Hall–Kier alpha value is -2.88. The van der Waals surface area contributed by atoms with Gasteiger partial charge >= 0.3 is 13.8 Å². The van der Waals surface area contributed by atoms with Crippen LogP contribution in [0.5, 0.6) is 0 Å². The van der Waals surface area contributed by atoms with Gasteiger partial charge in [0.1, 0.15) is 36.8 Å². The minimum atomic E-state index is -2.43. The van der Waals surface area contributed by atoms with Gasteiger partial charge in [-0.3, -0.25) is 19.2 Å². The maximum Gasteiger partial charge on any atom is 0.346 e. The molecule has 4 rings (SSSR count). The maximum atomic E-state index is 14.5. The van der Waals surface area contributed by atoms with Gasteiger partial charge in [0.25, 0.3) is 11.7 Å². The number of aliphatic hydroxyl groups is 2. The molecule has 1 amide bonds. The number of hydrogen-bond donors (Lipinski definition) is 2. The van der Waals surface area contributed by atoms with Crippen molar-refractivity contribution in [2.24, 2.45) is 35.5 Å². The molecule has 2 saturated heterocycles. The molecule has 4 aliphatic rings. The first-order valence-corrected chi connectivity index (χ1v) is 28.1. The van der Waals surface area contributed by atoms with Crippen molar-refractivity contribution in [3.8, 4) is 0 Å². The third-order valence-corrected chi connectivity index (χ3v) is 17.9. The van der Waals surface area contributed by atoms with Gasteiger partial charge in [0, 0.05) is 63.7 Å². The lowest BCUT2D eigenvalue weighted by Crippen LogP contribution is -2.61. The van der Waals surface area contributed by atoms with Crippen LogP contribution in [0.4, 0.5) is 0 Å². The Morgan fingerprint density at radius 2 is 1.62 bits per heavy atom. The van der Waals surface area contributed by atoms with Gasteiger partial charge in [0.2, 0.25) is 5.79 Å². The standard InChI is InChI=1S/C53H83NO13PS/c1-32-17-13-12-14-18-33(2)43(63-8)29-40-22-20-38(7)53(61,67-40)50(58)51(59)54-24-16-15-19-41(54)52(60)66-44(35(4)27-39-21-23-46(45(28-39)64-9)69-31-68(11)62)30-42(55)34(3)26-37(6)48(57)49(65-10)47(56)36(5)25-32/h12-14,17-18,26,32,34-36,38-41,43-46,48-49,57,61H,15-16,19-25,27-31H2,1-11H3/q+1/b14-12?,17-13+,33-18?,37-26+/t32-,34-,35-,36-,38-,39+,40+,41+,43+,44?,45-,46?,48-,49+,53-/m1/s1. The van der Waals surface area contributed by atoms with Crippen LogP contribution in [0, 0.1) is 35.5 Å². The number of hydrogen-bond acceptors (Lipinski definition) is 14. The lowest BCUT2D eigenvalue weighted by molar-refractivity contribution is -0.265. The minimum Gasteiger partial charge on any atom is -0.460 e. The van der Waals surface area contributed by atoms with Crippen LogP contribution >= 0.6 is 19.6 Å². The summed E-state index contributed by atoms with van der Waals surface area (Å²) in [4.78, 5) is 72.3. The van der Waals surface area contributed by atoms with Gasteiger partial charge in [-0.2, -0.15) is 0 Å². The zero-order chi connectivity index (χ0) is 51.2. The van der Waals surface area contributed by atoms with Crippen molar-refractivity contribution in [1.82, 2.24) is 4.90 Å². The lowest BCUT2D eigenvalue weighted by atomic mass is 9.79. The molecule has 16 atom stereocenters. The number of nitrogens with zero attached hydrogens (tertiary/aromatic N) is 1. The Labute approximate surface area is 416 Å². The number of thioether (sulfide) groups is 1. The number of ketones is 3. The van der Waals surface area contributed by atoms with Gasteiger partial charge in [0.15, 0.2) is 11.3 Å². The fourth-order valence-electron chi connectivity index (χ4n) is 10.5. The average molecular weight is 1010 g/mol. The van der Waals surface area contributed by atoms with Crippen molar-refractivity contribution in [3.63, 3.8) is 0 Å². The quantitative estimate of drug-likeness (QED) is 0.0969. The van der Waals surface area contributed by atoms with Crippen LogP contribution in [-0.4, -0.2) is 138 Å². The normalized spacial score (nSPS) is 37.8. The predicted molar refractivity (Wildman–Crippen MR) is 269 cm³/mol. The highest BCUT2D eigenvalue weighted by Gasteiger charge is 2.53. The predicted octanol–water partition coefficient (Wildman–Crippen LogP) is 8.34. The van der Waals surface area contributed by atoms with Crippen LogP contribution in [0.2, 0.25) is 0 Å². The number of piperidine rings is 1. The molecular formula is C53H83NO13PS+. The lowest BCUT2D eigenvalue weighted by Gasteiger charge is -2.42. The van der Waals surface area contributed by atoms with E-state index in [1.54, 1.807) is 59.5 Å². The molecule has 0 aromatic heterocycles.